The molecule has 0 saturated carbocycles. The van der Waals surface area contributed by atoms with Gasteiger partial charge in [-0.1, -0.05) is 6.07 Å². The standard InChI is InChI=1S/C16H22N4O3/c1-14(22)20(12-15-3-2-5-17-11-15)6-4-16(23)19-9-7-18(13-21)8-10-19/h2-3,5,11,13H,4,6-10,12H2,1H3. The highest BCUT2D eigenvalue weighted by Gasteiger charge is 2.21. The molecule has 2 rings (SSSR count). The van der Waals surface area contributed by atoms with E-state index >= 15 is 0 Å². The fraction of sp³-hybridized carbons (Fsp3) is 0.500. The van der Waals surface area contributed by atoms with E-state index in [1.807, 2.05) is 12.1 Å². The molecule has 1 aromatic heterocycles. The van der Waals surface area contributed by atoms with Crippen LogP contribution in [-0.2, 0) is 20.9 Å². The number of rotatable bonds is 6. The topological polar surface area (TPSA) is 73.8 Å². The summed E-state index contributed by atoms with van der Waals surface area (Å²) in [7, 11) is 0. The molecule has 0 atom stereocenters. The molecule has 0 spiro atoms. The molecule has 0 unspecified atom stereocenters. The number of nitrogens with zero attached hydrogens (tertiary/aromatic N) is 4. The van der Waals surface area contributed by atoms with Crippen LogP contribution in [0.4, 0.5) is 0 Å². The molecule has 0 aromatic carbocycles. The van der Waals surface area contributed by atoms with Crippen molar-refractivity contribution in [1.29, 1.82) is 0 Å². The van der Waals surface area contributed by atoms with Gasteiger partial charge in [0.15, 0.2) is 0 Å². The van der Waals surface area contributed by atoms with Crippen molar-refractivity contribution in [3.63, 3.8) is 0 Å². The van der Waals surface area contributed by atoms with Crippen LogP contribution in [0.3, 0.4) is 0 Å². The Hall–Kier alpha value is -2.44. The van der Waals surface area contributed by atoms with Crippen molar-refractivity contribution >= 4 is 18.2 Å². The van der Waals surface area contributed by atoms with Gasteiger partial charge in [-0.2, -0.15) is 0 Å². The van der Waals surface area contributed by atoms with Crippen molar-refractivity contribution in [3.8, 4) is 0 Å². The zero-order valence-corrected chi connectivity index (χ0v) is 13.4. The third-order valence-corrected chi connectivity index (χ3v) is 3.95. The van der Waals surface area contributed by atoms with E-state index in [-0.39, 0.29) is 11.8 Å². The van der Waals surface area contributed by atoms with Gasteiger partial charge in [0.1, 0.15) is 0 Å². The monoisotopic (exact) mass is 318 g/mol. The summed E-state index contributed by atoms with van der Waals surface area (Å²) >= 11 is 0. The quantitative estimate of drug-likeness (QED) is 0.698. The average Bonchev–Trinajstić information content (AvgIpc) is 2.59. The van der Waals surface area contributed by atoms with Gasteiger partial charge in [0, 0.05) is 65.0 Å². The third kappa shape index (κ3) is 5.05. The lowest BCUT2D eigenvalue weighted by molar-refractivity contribution is -0.136. The first-order valence-corrected chi connectivity index (χ1v) is 7.71. The minimum absolute atomic E-state index is 0.0213. The molecule has 1 saturated heterocycles. The van der Waals surface area contributed by atoms with Crippen LogP contribution in [0.2, 0.25) is 0 Å². The van der Waals surface area contributed by atoms with E-state index in [0.717, 1.165) is 12.0 Å². The molecule has 7 heteroatoms. The van der Waals surface area contributed by atoms with Gasteiger partial charge in [-0.15, -0.1) is 0 Å². The summed E-state index contributed by atoms with van der Waals surface area (Å²) < 4.78 is 0. The highest BCUT2D eigenvalue weighted by Crippen LogP contribution is 2.07. The molecule has 23 heavy (non-hydrogen) atoms. The SMILES string of the molecule is CC(=O)N(CCC(=O)N1CCN(C=O)CC1)Cc1cccnc1. The highest BCUT2D eigenvalue weighted by atomic mass is 16.2. The minimum Gasteiger partial charge on any atom is -0.342 e. The second kappa shape index (κ2) is 8.26. The minimum atomic E-state index is -0.0626. The van der Waals surface area contributed by atoms with Crippen LogP contribution in [0.15, 0.2) is 24.5 Å². The van der Waals surface area contributed by atoms with E-state index in [2.05, 4.69) is 4.98 Å². The van der Waals surface area contributed by atoms with E-state index in [4.69, 9.17) is 0 Å². The van der Waals surface area contributed by atoms with Gasteiger partial charge in [0.2, 0.25) is 18.2 Å². The van der Waals surface area contributed by atoms with Crippen molar-refractivity contribution in [1.82, 2.24) is 19.7 Å². The Bertz CT molecular complexity index is 542. The molecule has 7 nitrogen and oxygen atoms in total. The molecule has 0 aliphatic carbocycles. The maximum Gasteiger partial charge on any atom is 0.224 e. The van der Waals surface area contributed by atoms with E-state index < -0.39 is 0 Å². The van der Waals surface area contributed by atoms with Crippen LogP contribution in [0.5, 0.6) is 0 Å². The lowest BCUT2D eigenvalue weighted by Crippen LogP contribution is -2.48. The molecular weight excluding hydrogens is 296 g/mol. The van der Waals surface area contributed by atoms with Crippen LogP contribution < -0.4 is 0 Å². The molecule has 1 aliphatic rings. The second-order valence-electron chi connectivity index (χ2n) is 5.57. The Morgan fingerprint density at radius 2 is 2.04 bits per heavy atom. The summed E-state index contributed by atoms with van der Waals surface area (Å²) in [5, 5.41) is 0. The molecule has 2 heterocycles. The maximum atomic E-state index is 12.2. The summed E-state index contributed by atoms with van der Waals surface area (Å²) in [5.41, 5.74) is 0.940. The van der Waals surface area contributed by atoms with Crippen molar-refractivity contribution < 1.29 is 14.4 Å². The number of amides is 3. The van der Waals surface area contributed by atoms with Crippen molar-refractivity contribution in [2.45, 2.75) is 19.9 Å². The molecule has 0 N–H and O–H groups in total. The molecule has 1 fully saturated rings. The van der Waals surface area contributed by atoms with Gasteiger partial charge in [0.05, 0.1) is 0 Å². The largest absolute Gasteiger partial charge is 0.342 e. The molecule has 1 aliphatic heterocycles. The third-order valence-electron chi connectivity index (χ3n) is 3.95. The Morgan fingerprint density at radius 1 is 1.30 bits per heavy atom. The van der Waals surface area contributed by atoms with Crippen LogP contribution in [0.1, 0.15) is 18.9 Å². The van der Waals surface area contributed by atoms with Gasteiger partial charge in [-0.05, 0) is 11.6 Å². The summed E-state index contributed by atoms with van der Waals surface area (Å²) in [6.45, 7) is 4.60. The molecule has 0 bridgehead atoms. The van der Waals surface area contributed by atoms with Crippen molar-refractivity contribution in [2.75, 3.05) is 32.7 Å². The van der Waals surface area contributed by atoms with E-state index in [9.17, 15) is 14.4 Å². The van der Waals surface area contributed by atoms with Crippen LogP contribution in [0, 0.1) is 0 Å². The summed E-state index contributed by atoms with van der Waals surface area (Å²) in [5.74, 6) is -0.0413. The lowest BCUT2D eigenvalue weighted by Gasteiger charge is -2.33. The first-order chi connectivity index (χ1) is 11.1. The van der Waals surface area contributed by atoms with Crippen LogP contribution >= 0.6 is 0 Å². The summed E-state index contributed by atoms with van der Waals surface area (Å²) in [6, 6.07) is 3.73. The number of carbonyl (C=O) groups excluding carboxylic acids is 3. The van der Waals surface area contributed by atoms with Gasteiger partial charge in [-0.25, -0.2) is 0 Å². The first kappa shape index (κ1) is 16.9. The fourth-order valence-corrected chi connectivity index (χ4v) is 2.53. The lowest BCUT2D eigenvalue weighted by atomic mass is 10.2. The molecule has 1 aromatic rings. The van der Waals surface area contributed by atoms with Crippen molar-refractivity contribution in [3.05, 3.63) is 30.1 Å². The Labute approximate surface area is 135 Å². The van der Waals surface area contributed by atoms with Crippen LogP contribution in [-0.4, -0.2) is 70.6 Å². The second-order valence-corrected chi connectivity index (χ2v) is 5.57. The molecular formula is C16H22N4O3. The number of piperazine rings is 1. The summed E-state index contributed by atoms with van der Waals surface area (Å²) in [4.78, 5) is 43.8. The van der Waals surface area contributed by atoms with Crippen molar-refractivity contribution in [2.24, 2.45) is 0 Å². The zero-order valence-electron chi connectivity index (χ0n) is 13.4. The Morgan fingerprint density at radius 3 is 2.61 bits per heavy atom. The fourth-order valence-electron chi connectivity index (χ4n) is 2.53. The van der Waals surface area contributed by atoms with E-state index in [1.54, 1.807) is 27.1 Å². The average molecular weight is 318 g/mol. The smallest absolute Gasteiger partial charge is 0.224 e. The Balaban J connectivity index is 1.83. The number of pyridine rings is 1. The normalized spacial score (nSPS) is 14.5. The Kier molecular flexibility index (Phi) is 6.08. The predicted molar refractivity (Wildman–Crippen MR) is 84.2 cm³/mol. The molecule has 3 amide bonds. The highest BCUT2D eigenvalue weighted by molar-refractivity contribution is 5.78. The maximum absolute atomic E-state index is 12.2. The number of hydrogen-bond acceptors (Lipinski definition) is 4. The molecule has 124 valence electrons. The van der Waals surface area contributed by atoms with E-state index in [0.29, 0.717) is 45.7 Å². The number of hydrogen-bond donors (Lipinski definition) is 0. The van der Waals surface area contributed by atoms with Gasteiger partial charge >= 0.3 is 0 Å². The first-order valence-electron chi connectivity index (χ1n) is 7.71. The van der Waals surface area contributed by atoms with Gasteiger partial charge in [0.25, 0.3) is 0 Å². The van der Waals surface area contributed by atoms with Gasteiger partial charge in [-0.3, -0.25) is 19.4 Å². The number of carbonyl (C=O) groups is 3. The zero-order chi connectivity index (χ0) is 16.7. The summed E-state index contributed by atoms with van der Waals surface area (Å²) in [6.07, 6.45) is 4.51. The predicted octanol–water partition coefficient (Wildman–Crippen LogP) is 0.121. The van der Waals surface area contributed by atoms with E-state index in [1.165, 1.54) is 6.92 Å². The number of aromatic nitrogens is 1. The van der Waals surface area contributed by atoms with Gasteiger partial charge < -0.3 is 14.7 Å². The van der Waals surface area contributed by atoms with Crippen LogP contribution in [0.25, 0.3) is 0 Å². The molecule has 0 radical (unpaired) electrons.